The number of phenolic OH excluding ortho intramolecular Hbond substituents is 9. The summed E-state index contributed by atoms with van der Waals surface area (Å²) in [6.07, 6.45) is 1.48. The molecular weight excluding hydrogens is 865 g/mol. The fraction of sp³-hybridized carbons (Fsp3) is 0.107. The maximum Gasteiger partial charge on any atom is 0.135 e. The lowest BCUT2D eigenvalue weighted by molar-refractivity contribution is 0.212. The first-order chi connectivity index (χ1) is 32.8. The summed E-state index contributed by atoms with van der Waals surface area (Å²) in [7, 11) is 0. The number of rotatable bonds is 8. The van der Waals surface area contributed by atoms with Crippen LogP contribution in [0.15, 0.2) is 152 Å². The van der Waals surface area contributed by atoms with E-state index in [4.69, 9.17) is 14.2 Å². The third-order valence-electron chi connectivity index (χ3n) is 13.0. The van der Waals surface area contributed by atoms with Gasteiger partial charge in [-0.25, -0.2) is 0 Å². The zero-order valence-electron chi connectivity index (χ0n) is 35.8. The van der Waals surface area contributed by atoms with E-state index in [1.807, 2.05) is 18.2 Å². The van der Waals surface area contributed by atoms with Crippen molar-refractivity contribution < 1.29 is 60.2 Å². The highest BCUT2D eigenvalue weighted by Gasteiger charge is 2.49. The summed E-state index contributed by atoms with van der Waals surface area (Å²) in [6, 6.07) is 40.2. The molecule has 0 bridgehead atoms. The summed E-state index contributed by atoms with van der Waals surface area (Å²) in [4.78, 5) is 0. The van der Waals surface area contributed by atoms with Gasteiger partial charge in [0.15, 0.2) is 0 Å². The van der Waals surface area contributed by atoms with E-state index in [0.717, 1.165) is 5.56 Å². The predicted octanol–water partition coefficient (Wildman–Crippen LogP) is 11.0. The van der Waals surface area contributed by atoms with Gasteiger partial charge >= 0.3 is 0 Å². The lowest BCUT2D eigenvalue weighted by Crippen LogP contribution is -2.17. The van der Waals surface area contributed by atoms with Crippen molar-refractivity contribution in [3.63, 3.8) is 0 Å². The average molecular weight is 907 g/mol. The van der Waals surface area contributed by atoms with Gasteiger partial charge in [0.05, 0.1) is 17.8 Å². The quantitative estimate of drug-likeness (QED) is 0.0652. The standard InChI is InChI=1S/C56H42O12/c57-34-10-1-28(2-11-34)3-18-43-50-46(67-54(29-4-12-35(58)13-5-29)48(50)32-19-38(61)23-39(62)20-32)27-47-51(43)53(56(68-47)31-8-16-37(60)17-9-31)44-25-42(65)26-45-52(44)49(33-21-40(63)24-41(64)22-33)55(66-45)30-6-14-36(59)15-7-30/h1-27,48-49,53-65H/b18-3+/t48-,49-,53+,54+,55+,56+/m0/s1. The largest absolute Gasteiger partial charge is 0.508 e. The molecule has 0 amide bonds. The molecule has 11 rings (SSSR count). The first kappa shape index (κ1) is 41.8. The first-order valence-corrected chi connectivity index (χ1v) is 21.8. The number of hydrogen-bond donors (Lipinski definition) is 9. The highest BCUT2D eigenvalue weighted by molar-refractivity contribution is 5.80. The van der Waals surface area contributed by atoms with Gasteiger partial charge in [0.1, 0.15) is 87.3 Å². The lowest BCUT2D eigenvalue weighted by Gasteiger charge is -2.27. The van der Waals surface area contributed by atoms with Gasteiger partial charge in [-0.15, -0.1) is 0 Å². The van der Waals surface area contributed by atoms with Gasteiger partial charge in [-0.05, 0) is 123 Å². The maximum absolute atomic E-state index is 11.8. The molecule has 0 aromatic heterocycles. The molecule has 8 aromatic carbocycles. The van der Waals surface area contributed by atoms with Crippen molar-refractivity contribution in [1.29, 1.82) is 0 Å². The molecule has 3 aliphatic rings. The third kappa shape index (κ3) is 7.37. The van der Waals surface area contributed by atoms with Crippen LogP contribution in [-0.2, 0) is 0 Å². The Balaban J connectivity index is 1.21. The van der Waals surface area contributed by atoms with E-state index < -0.39 is 36.1 Å². The topological polar surface area (TPSA) is 210 Å². The van der Waals surface area contributed by atoms with Gasteiger partial charge in [0.25, 0.3) is 0 Å². The van der Waals surface area contributed by atoms with Gasteiger partial charge in [-0.1, -0.05) is 60.7 Å². The molecule has 3 aliphatic heterocycles. The van der Waals surface area contributed by atoms with Gasteiger partial charge in [0, 0.05) is 41.0 Å². The minimum atomic E-state index is -0.818. The third-order valence-corrected chi connectivity index (χ3v) is 13.0. The second-order valence-electron chi connectivity index (χ2n) is 17.4. The number of phenols is 9. The summed E-state index contributed by atoms with van der Waals surface area (Å²) in [5.41, 5.74) is 6.98. The Bertz CT molecular complexity index is 3230. The smallest absolute Gasteiger partial charge is 0.135 e. The molecule has 0 spiro atoms. The van der Waals surface area contributed by atoms with Crippen LogP contribution in [0.4, 0.5) is 0 Å². The maximum atomic E-state index is 11.8. The minimum absolute atomic E-state index is 0.0373. The average Bonchev–Trinajstić information content (AvgIpc) is 4.00. The zero-order chi connectivity index (χ0) is 47.0. The second-order valence-corrected chi connectivity index (χ2v) is 17.4. The molecule has 68 heavy (non-hydrogen) atoms. The highest BCUT2D eigenvalue weighted by atomic mass is 16.5. The van der Waals surface area contributed by atoms with Crippen molar-refractivity contribution in [2.24, 2.45) is 0 Å². The minimum Gasteiger partial charge on any atom is -0.508 e. The summed E-state index contributed by atoms with van der Waals surface area (Å²) < 4.78 is 20.8. The van der Waals surface area contributed by atoms with E-state index in [9.17, 15) is 46.0 Å². The van der Waals surface area contributed by atoms with Crippen molar-refractivity contribution in [2.45, 2.75) is 36.1 Å². The number of hydrogen-bond acceptors (Lipinski definition) is 12. The highest BCUT2D eigenvalue weighted by Crippen LogP contribution is 2.63. The molecule has 0 unspecified atom stereocenters. The van der Waals surface area contributed by atoms with Crippen LogP contribution in [0.1, 0.15) is 97.3 Å². The number of ether oxygens (including phenoxy) is 3. The van der Waals surface area contributed by atoms with E-state index >= 15 is 0 Å². The van der Waals surface area contributed by atoms with Crippen molar-refractivity contribution in [3.05, 3.63) is 213 Å². The van der Waals surface area contributed by atoms with Gasteiger partial charge in [0.2, 0.25) is 0 Å². The van der Waals surface area contributed by atoms with Gasteiger partial charge in [-0.2, -0.15) is 0 Å². The second kappa shape index (κ2) is 16.2. The van der Waals surface area contributed by atoms with Crippen LogP contribution in [0.3, 0.4) is 0 Å². The van der Waals surface area contributed by atoms with Crippen molar-refractivity contribution in [2.75, 3.05) is 0 Å². The summed E-state index contributed by atoms with van der Waals surface area (Å²) in [5.74, 6) is -1.59. The van der Waals surface area contributed by atoms with Crippen molar-refractivity contribution in [1.82, 2.24) is 0 Å². The number of aromatic hydroxyl groups is 9. The molecule has 0 fully saturated rings. The molecule has 3 heterocycles. The van der Waals surface area contributed by atoms with Crippen LogP contribution < -0.4 is 14.2 Å². The van der Waals surface area contributed by atoms with Gasteiger partial charge in [-0.3, -0.25) is 0 Å². The van der Waals surface area contributed by atoms with Crippen molar-refractivity contribution >= 4 is 12.2 Å². The first-order valence-electron chi connectivity index (χ1n) is 21.8. The fourth-order valence-electron chi connectivity index (χ4n) is 10.2. The molecule has 12 nitrogen and oxygen atoms in total. The Hall–Kier alpha value is -8.90. The van der Waals surface area contributed by atoms with Crippen LogP contribution in [0.5, 0.6) is 69.0 Å². The van der Waals surface area contributed by atoms with Crippen molar-refractivity contribution in [3.8, 4) is 69.0 Å². The lowest BCUT2D eigenvalue weighted by atomic mass is 9.74. The molecule has 0 saturated heterocycles. The Labute approximate surface area is 389 Å². The number of fused-ring (bicyclic) bond motifs is 3. The van der Waals surface area contributed by atoms with E-state index in [0.29, 0.717) is 72.9 Å². The monoisotopic (exact) mass is 906 g/mol. The summed E-state index contributed by atoms with van der Waals surface area (Å²) >= 11 is 0. The zero-order valence-corrected chi connectivity index (χ0v) is 35.8. The Kier molecular flexibility index (Phi) is 9.96. The van der Waals surface area contributed by atoms with E-state index in [-0.39, 0.29) is 51.7 Å². The Morgan fingerprint density at radius 1 is 0.294 bits per heavy atom. The summed E-state index contributed by atoms with van der Waals surface area (Å²) in [6.45, 7) is 0. The van der Waals surface area contributed by atoms with Crippen LogP contribution >= 0.6 is 0 Å². The van der Waals surface area contributed by atoms with E-state index in [1.54, 1.807) is 127 Å². The van der Waals surface area contributed by atoms with Crippen LogP contribution in [0.2, 0.25) is 0 Å². The fourth-order valence-corrected chi connectivity index (χ4v) is 10.2. The molecule has 0 radical (unpaired) electrons. The molecule has 8 aromatic rings. The normalized spacial score (nSPS) is 20.0. The molecule has 12 heteroatoms. The number of benzene rings is 8. The Morgan fingerprint density at radius 2 is 0.647 bits per heavy atom. The molecular formula is C56H42O12. The Morgan fingerprint density at radius 3 is 1.09 bits per heavy atom. The van der Waals surface area contributed by atoms with Gasteiger partial charge < -0.3 is 60.2 Å². The SMILES string of the molecule is Oc1ccc(/C=C/c2c3c(cc4c2[C@H](c2cc(O)cc(O)c2)[C@@H](c2ccc(O)cc2)O4)O[C@H](c2ccc(O)cc2)[C@@H]3c2cc(O)cc3c2[C@H](c2cc(O)cc(O)c2)[C@@H](c2ccc(O)cc2)O3)cc1. The molecule has 9 N–H and O–H groups in total. The molecule has 338 valence electrons. The predicted molar refractivity (Wildman–Crippen MR) is 251 cm³/mol. The van der Waals surface area contributed by atoms with Crippen LogP contribution in [0, 0.1) is 0 Å². The van der Waals surface area contributed by atoms with E-state index in [2.05, 4.69) is 0 Å². The molecule has 6 atom stereocenters. The van der Waals surface area contributed by atoms with Crippen LogP contribution in [0.25, 0.3) is 12.2 Å². The van der Waals surface area contributed by atoms with E-state index in [1.165, 1.54) is 18.2 Å². The summed E-state index contributed by atoms with van der Waals surface area (Å²) in [5, 5.41) is 96.9. The molecule has 0 saturated carbocycles. The molecule has 0 aliphatic carbocycles. The van der Waals surface area contributed by atoms with Crippen LogP contribution in [-0.4, -0.2) is 46.0 Å².